The smallest absolute Gasteiger partial charge is 0.127 e. The van der Waals surface area contributed by atoms with Crippen molar-refractivity contribution in [3.05, 3.63) is 29.0 Å². The molecule has 3 rings (SSSR count). The Hall–Kier alpha value is -0.810. The number of methoxy groups -OCH3 is 1. The molecule has 1 fully saturated rings. The van der Waals surface area contributed by atoms with Crippen molar-refractivity contribution in [3.8, 4) is 0 Å². The van der Waals surface area contributed by atoms with E-state index in [1.54, 1.807) is 7.11 Å². The van der Waals surface area contributed by atoms with Crippen molar-refractivity contribution in [1.29, 1.82) is 0 Å². The van der Waals surface area contributed by atoms with Gasteiger partial charge in [0, 0.05) is 20.1 Å². The van der Waals surface area contributed by atoms with Crippen molar-refractivity contribution in [2.75, 3.05) is 20.3 Å². The molecular formula is C15H18Cl2N2O2. The van der Waals surface area contributed by atoms with E-state index in [-0.39, 0.29) is 11.0 Å². The van der Waals surface area contributed by atoms with Crippen LogP contribution in [0.5, 0.6) is 0 Å². The summed E-state index contributed by atoms with van der Waals surface area (Å²) in [6.45, 7) is 3.83. The second kappa shape index (κ2) is 5.76. The average Bonchev–Trinajstić information content (AvgIpc) is 3.06. The van der Waals surface area contributed by atoms with E-state index in [0.717, 1.165) is 23.3 Å². The zero-order valence-electron chi connectivity index (χ0n) is 12.1. The maximum absolute atomic E-state index is 6.38. The predicted octanol–water partition coefficient (Wildman–Crippen LogP) is 3.80. The zero-order chi connectivity index (χ0) is 15.0. The first-order valence-electron chi connectivity index (χ1n) is 6.98. The monoisotopic (exact) mass is 328 g/mol. The third-order valence-corrected chi connectivity index (χ3v) is 4.55. The Morgan fingerprint density at radius 3 is 2.95 bits per heavy atom. The zero-order valence-corrected chi connectivity index (χ0v) is 13.6. The Kier molecular flexibility index (Phi) is 4.14. The molecule has 2 aromatic rings. The topological polar surface area (TPSA) is 36.3 Å². The highest BCUT2D eigenvalue weighted by Crippen LogP contribution is 2.33. The molecule has 6 heteroatoms. The molecule has 0 radical (unpaired) electrons. The van der Waals surface area contributed by atoms with Gasteiger partial charge in [0.05, 0.1) is 34.6 Å². The summed E-state index contributed by atoms with van der Waals surface area (Å²) in [4.78, 5) is 4.63. The summed E-state index contributed by atoms with van der Waals surface area (Å²) in [6, 6.07) is 5.72. The van der Waals surface area contributed by atoms with Crippen LogP contribution in [0.4, 0.5) is 0 Å². The molecule has 114 valence electrons. The lowest BCUT2D eigenvalue weighted by molar-refractivity contribution is -0.0292. The van der Waals surface area contributed by atoms with Gasteiger partial charge in [0.15, 0.2) is 0 Å². The maximum Gasteiger partial charge on any atom is 0.127 e. The number of ether oxygens (including phenoxy) is 2. The lowest BCUT2D eigenvalue weighted by atomic mass is 10.0. The number of imidazole rings is 1. The van der Waals surface area contributed by atoms with Crippen LogP contribution in [-0.4, -0.2) is 35.5 Å². The highest BCUT2D eigenvalue weighted by Gasteiger charge is 2.37. The van der Waals surface area contributed by atoms with E-state index in [2.05, 4.69) is 9.55 Å². The van der Waals surface area contributed by atoms with Gasteiger partial charge < -0.3 is 14.0 Å². The van der Waals surface area contributed by atoms with Gasteiger partial charge in [-0.05, 0) is 19.1 Å². The predicted molar refractivity (Wildman–Crippen MR) is 84.2 cm³/mol. The van der Waals surface area contributed by atoms with Crippen LogP contribution in [0.3, 0.4) is 0 Å². The molecule has 2 unspecified atom stereocenters. The van der Waals surface area contributed by atoms with Gasteiger partial charge in [0.2, 0.25) is 0 Å². The van der Waals surface area contributed by atoms with Gasteiger partial charge in [-0.15, -0.1) is 11.6 Å². The fourth-order valence-corrected chi connectivity index (χ4v) is 3.29. The minimum absolute atomic E-state index is 0.204. The summed E-state index contributed by atoms with van der Waals surface area (Å²) >= 11 is 12.7. The van der Waals surface area contributed by atoms with Crippen LogP contribution >= 0.6 is 23.2 Å². The molecule has 2 heterocycles. The largest absolute Gasteiger partial charge is 0.378 e. The number of aromatic nitrogens is 2. The fourth-order valence-electron chi connectivity index (χ4n) is 2.85. The van der Waals surface area contributed by atoms with Crippen molar-refractivity contribution < 1.29 is 9.47 Å². The fraction of sp³-hybridized carbons (Fsp3) is 0.533. The van der Waals surface area contributed by atoms with Crippen molar-refractivity contribution in [3.63, 3.8) is 0 Å². The number of alkyl halides is 1. The SMILES string of the molecule is COC1(Cn2c(C(C)Cl)nc3cccc(Cl)c32)CCOC1. The van der Waals surface area contributed by atoms with Gasteiger partial charge >= 0.3 is 0 Å². The second-order valence-electron chi connectivity index (χ2n) is 5.47. The lowest BCUT2D eigenvalue weighted by Crippen LogP contribution is -2.37. The summed E-state index contributed by atoms with van der Waals surface area (Å²) in [6.07, 6.45) is 0.851. The Labute approximate surface area is 133 Å². The van der Waals surface area contributed by atoms with E-state index in [0.29, 0.717) is 24.8 Å². The third-order valence-electron chi connectivity index (χ3n) is 4.05. The van der Waals surface area contributed by atoms with Crippen LogP contribution in [0.25, 0.3) is 11.0 Å². The molecule has 1 aromatic carbocycles. The molecular weight excluding hydrogens is 311 g/mol. The van der Waals surface area contributed by atoms with E-state index >= 15 is 0 Å². The molecule has 0 amide bonds. The van der Waals surface area contributed by atoms with Gasteiger partial charge in [-0.3, -0.25) is 0 Å². The summed E-state index contributed by atoms with van der Waals surface area (Å²) in [7, 11) is 1.72. The number of rotatable bonds is 4. The first kappa shape index (κ1) is 15.1. The molecule has 1 aromatic heterocycles. The quantitative estimate of drug-likeness (QED) is 0.801. The number of para-hydroxylation sites is 1. The van der Waals surface area contributed by atoms with Gasteiger partial charge in [-0.25, -0.2) is 4.98 Å². The van der Waals surface area contributed by atoms with E-state index in [9.17, 15) is 0 Å². The normalized spacial score (nSPS) is 23.8. The number of hydrogen-bond acceptors (Lipinski definition) is 3. The highest BCUT2D eigenvalue weighted by atomic mass is 35.5. The number of hydrogen-bond donors (Lipinski definition) is 0. The lowest BCUT2D eigenvalue weighted by Gasteiger charge is -2.27. The number of nitrogens with zero attached hydrogens (tertiary/aromatic N) is 2. The molecule has 1 saturated heterocycles. The Morgan fingerprint density at radius 2 is 2.33 bits per heavy atom. The molecule has 4 nitrogen and oxygen atoms in total. The molecule has 1 aliphatic rings. The minimum atomic E-state index is -0.340. The van der Waals surface area contributed by atoms with E-state index < -0.39 is 0 Å². The first-order chi connectivity index (χ1) is 10.1. The molecule has 1 aliphatic heterocycles. The van der Waals surface area contributed by atoms with E-state index in [4.69, 9.17) is 32.7 Å². The van der Waals surface area contributed by atoms with Gasteiger partial charge in [0.25, 0.3) is 0 Å². The third kappa shape index (κ3) is 2.66. The Morgan fingerprint density at radius 1 is 1.52 bits per heavy atom. The summed E-state index contributed by atoms with van der Waals surface area (Å²) < 4.78 is 13.3. The molecule has 0 spiro atoms. The molecule has 0 bridgehead atoms. The molecule has 0 N–H and O–H groups in total. The van der Waals surface area contributed by atoms with Gasteiger partial charge in [-0.1, -0.05) is 17.7 Å². The number of halogens is 2. The van der Waals surface area contributed by atoms with Crippen LogP contribution < -0.4 is 0 Å². The Bertz CT molecular complexity index is 648. The van der Waals surface area contributed by atoms with Crippen molar-refractivity contribution in [2.24, 2.45) is 0 Å². The maximum atomic E-state index is 6.38. The molecule has 0 aliphatic carbocycles. The van der Waals surface area contributed by atoms with E-state index in [1.165, 1.54) is 0 Å². The standard InChI is InChI=1S/C15H18Cl2N2O2/c1-10(16)14-18-12-5-3-4-11(17)13(12)19(14)8-15(20-2)6-7-21-9-15/h3-5,10H,6-9H2,1-2H3. The van der Waals surface area contributed by atoms with Gasteiger partial charge in [-0.2, -0.15) is 0 Å². The highest BCUT2D eigenvalue weighted by molar-refractivity contribution is 6.35. The van der Waals surface area contributed by atoms with Crippen LogP contribution in [0.1, 0.15) is 24.5 Å². The van der Waals surface area contributed by atoms with Crippen LogP contribution in [-0.2, 0) is 16.0 Å². The second-order valence-corrected chi connectivity index (χ2v) is 6.53. The summed E-state index contributed by atoms with van der Waals surface area (Å²) in [5.74, 6) is 0.808. The van der Waals surface area contributed by atoms with Crippen LogP contribution in [0, 0.1) is 0 Å². The average molecular weight is 329 g/mol. The molecule has 0 saturated carbocycles. The van der Waals surface area contributed by atoms with Gasteiger partial charge in [0.1, 0.15) is 11.4 Å². The van der Waals surface area contributed by atoms with Crippen LogP contribution in [0.15, 0.2) is 18.2 Å². The van der Waals surface area contributed by atoms with Crippen molar-refractivity contribution in [2.45, 2.75) is 30.9 Å². The number of benzene rings is 1. The first-order valence-corrected chi connectivity index (χ1v) is 7.79. The molecule has 21 heavy (non-hydrogen) atoms. The summed E-state index contributed by atoms with van der Waals surface area (Å²) in [5.41, 5.74) is 1.42. The van der Waals surface area contributed by atoms with E-state index in [1.807, 2.05) is 25.1 Å². The number of fused-ring (bicyclic) bond motifs is 1. The molecule has 2 atom stereocenters. The Balaban J connectivity index is 2.13. The van der Waals surface area contributed by atoms with Crippen molar-refractivity contribution >= 4 is 34.2 Å². The van der Waals surface area contributed by atoms with Crippen LogP contribution in [0.2, 0.25) is 5.02 Å². The summed E-state index contributed by atoms with van der Waals surface area (Å²) in [5, 5.41) is 0.471. The van der Waals surface area contributed by atoms with Crippen molar-refractivity contribution in [1.82, 2.24) is 9.55 Å². The minimum Gasteiger partial charge on any atom is -0.378 e.